The maximum absolute atomic E-state index is 10.8. The number of hydrogen-bond acceptors (Lipinski definition) is 3. The van der Waals surface area contributed by atoms with E-state index in [2.05, 4.69) is 46.5 Å². The minimum absolute atomic E-state index is 0.164. The predicted molar refractivity (Wildman–Crippen MR) is 106 cm³/mol. The van der Waals surface area contributed by atoms with Gasteiger partial charge in [-0.1, -0.05) is 41.5 Å². The number of phenols is 2. The van der Waals surface area contributed by atoms with Crippen molar-refractivity contribution in [2.24, 2.45) is 4.99 Å². The van der Waals surface area contributed by atoms with Crippen molar-refractivity contribution < 1.29 is 10.2 Å². The Morgan fingerprint density at radius 3 is 1.80 bits per heavy atom. The monoisotopic (exact) mass is 339 g/mol. The Bertz CT molecular complexity index is 771. The standard InChI is InChI=1S/C22H29NO2/c1-14-10-16(24)8-9-19(14)23-13-15-11-17(21(2,3)4)20(25)18(12-15)22(5,6)7/h8-13,24-25H,1-7H3. The molecular formula is C22H29NO2. The molecule has 0 aliphatic carbocycles. The molecule has 3 nitrogen and oxygen atoms in total. The molecule has 2 aromatic carbocycles. The molecule has 0 heterocycles. The lowest BCUT2D eigenvalue weighted by Gasteiger charge is -2.27. The zero-order valence-corrected chi connectivity index (χ0v) is 16.3. The van der Waals surface area contributed by atoms with Crippen LogP contribution in [0.25, 0.3) is 0 Å². The van der Waals surface area contributed by atoms with Crippen LogP contribution >= 0.6 is 0 Å². The Labute approximate surface area is 151 Å². The van der Waals surface area contributed by atoms with E-state index < -0.39 is 0 Å². The minimum atomic E-state index is -0.164. The van der Waals surface area contributed by atoms with Crippen molar-refractivity contribution in [2.75, 3.05) is 0 Å². The van der Waals surface area contributed by atoms with Gasteiger partial charge in [0.15, 0.2) is 0 Å². The highest BCUT2D eigenvalue weighted by atomic mass is 16.3. The third-order valence-electron chi connectivity index (χ3n) is 4.28. The maximum Gasteiger partial charge on any atom is 0.123 e. The number of aromatic hydroxyl groups is 2. The zero-order valence-electron chi connectivity index (χ0n) is 16.3. The van der Waals surface area contributed by atoms with E-state index in [0.29, 0.717) is 5.75 Å². The number of aryl methyl sites for hydroxylation is 1. The molecule has 0 aliphatic heterocycles. The minimum Gasteiger partial charge on any atom is -0.508 e. The molecule has 0 unspecified atom stereocenters. The lowest BCUT2D eigenvalue weighted by molar-refractivity contribution is 0.423. The van der Waals surface area contributed by atoms with Crippen LogP contribution < -0.4 is 0 Å². The van der Waals surface area contributed by atoms with Crippen LogP contribution in [0.1, 0.15) is 63.8 Å². The number of aliphatic imine (C=N–C) groups is 1. The summed E-state index contributed by atoms with van der Waals surface area (Å²) in [4.78, 5) is 4.58. The molecule has 3 heteroatoms. The molecule has 0 spiro atoms. The lowest BCUT2D eigenvalue weighted by atomic mass is 9.78. The van der Waals surface area contributed by atoms with Gasteiger partial charge in [-0.3, -0.25) is 4.99 Å². The van der Waals surface area contributed by atoms with E-state index in [4.69, 9.17) is 0 Å². The van der Waals surface area contributed by atoms with Crippen molar-refractivity contribution in [3.8, 4) is 11.5 Å². The summed E-state index contributed by atoms with van der Waals surface area (Å²) in [7, 11) is 0. The van der Waals surface area contributed by atoms with Crippen LogP contribution in [-0.2, 0) is 10.8 Å². The number of nitrogens with zero attached hydrogens (tertiary/aromatic N) is 1. The van der Waals surface area contributed by atoms with Crippen molar-refractivity contribution >= 4 is 11.9 Å². The quantitative estimate of drug-likeness (QED) is 0.684. The smallest absolute Gasteiger partial charge is 0.123 e. The summed E-state index contributed by atoms with van der Waals surface area (Å²) in [6.45, 7) is 14.5. The summed E-state index contributed by atoms with van der Waals surface area (Å²) in [5.74, 6) is 0.615. The molecule has 2 rings (SSSR count). The molecule has 134 valence electrons. The molecular weight excluding hydrogens is 310 g/mol. The van der Waals surface area contributed by atoms with E-state index in [1.54, 1.807) is 18.2 Å². The fourth-order valence-electron chi connectivity index (χ4n) is 2.80. The highest BCUT2D eigenvalue weighted by molar-refractivity contribution is 5.84. The zero-order chi connectivity index (χ0) is 19.0. The van der Waals surface area contributed by atoms with Gasteiger partial charge < -0.3 is 10.2 Å². The molecule has 0 bridgehead atoms. The molecule has 2 N–H and O–H groups in total. The predicted octanol–water partition coefficient (Wildman–Crippen LogP) is 5.75. The summed E-state index contributed by atoms with van der Waals surface area (Å²) in [5, 5.41) is 20.3. The lowest BCUT2D eigenvalue weighted by Crippen LogP contribution is -2.17. The molecule has 0 aromatic heterocycles. The van der Waals surface area contributed by atoms with Crippen LogP contribution in [0.5, 0.6) is 11.5 Å². The van der Waals surface area contributed by atoms with E-state index in [1.165, 1.54) is 0 Å². The van der Waals surface area contributed by atoms with Gasteiger partial charge in [0.25, 0.3) is 0 Å². The molecule has 0 amide bonds. The summed E-state index contributed by atoms with van der Waals surface area (Å²) in [5.41, 5.74) is 4.21. The van der Waals surface area contributed by atoms with Crippen molar-refractivity contribution in [1.29, 1.82) is 0 Å². The van der Waals surface area contributed by atoms with Gasteiger partial charge in [0.2, 0.25) is 0 Å². The van der Waals surface area contributed by atoms with Gasteiger partial charge in [-0.05, 0) is 59.2 Å². The van der Waals surface area contributed by atoms with E-state index in [-0.39, 0.29) is 16.6 Å². The molecule has 0 saturated heterocycles. The molecule has 0 fully saturated rings. The third kappa shape index (κ3) is 4.41. The molecule has 0 aliphatic rings. The first-order valence-corrected chi connectivity index (χ1v) is 8.61. The summed E-state index contributed by atoms with van der Waals surface area (Å²) in [6, 6.07) is 9.15. The Hall–Kier alpha value is -2.29. The van der Waals surface area contributed by atoms with E-state index in [9.17, 15) is 10.2 Å². The van der Waals surface area contributed by atoms with Crippen molar-refractivity contribution in [3.05, 3.63) is 52.6 Å². The van der Waals surface area contributed by atoms with Crippen molar-refractivity contribution in [2.45, 2.75) is 59.3 Å². The highest BCUT2D eigenvalue weighted by Crippen LogP contribution is 2.39. The van der Waals surface area contributed by atoms with Gasteiger partial charge >= 0.3 is 0 Å². The van der Waals surface area contributed by atoms with Gasteiger partial charge in [-0.25, -0.2) is 0 Å². The van der Waals surface area contributed by atoms with Crippen LogP contribution in [-0.4, -0.2) is 16.4 Å². The SMILES string of the molecule is Cc1cc(O)ccc1N=Cc1cc(C(C)(C)C)c(O)c(C(C)(C)C)c1. The second kappa shape index (κ2) is 6.55. The molecule has 0 atom stereocenters. The van der Waals surface area contributed by atoms with Crippen LogP contribution in [0.15, 0.2) is 35.3 Å². The molecule has 0 radical (unpaired) electrons. The van der Waals surface area contributed by atoms with Gasteiger partial charge in [0.1, 0.15) is 11.5 Å². The molecule has 0 saturated carbocycles. The highest BCUT2D eigenvalue weighted by Gasteiger charge is 2.26. The molecule has 25 heavy (non-hydrogen) atoms. The Balaban J connectivity index is 2.56. The van der Waals surface area contributed by atoms with Gasteiger partial charge in [0.05, 0.1) is 5.69 Å². The van der Waals surface area contributed by atoms with Crippen LogP contribution in [0.2, 0.25) is 0 Å². The van der Waals surface area contributed by atoms with Crippen molar-refractivity contribution in [3.63, 3.8) is 0 Å². The van der Waals surface area contributed by atoms with Gasteiger partial charge in [-0.15, -0.1) is 0 Å². The number of phenolic OH excluding ortho intramolecular Hbond substituents is 2. The summed E-state index contributed by atoms with van der Waals surface area (Å²) >= 11 is 0. The second-order valence-corrected chi connectivity index (χ2v) is 8.69. The normalized spacial score (nSPS) is 12.8. The Morgan fingerprint density at radius 2 is 1.36 bits per heavy atom. The average molecular weight is 339 g/mol. The van der Waals surface area contributed by atoms with E-state index in [0.717, 1.165) is 27.9 Å². The average Bonchev–Trinajstić information content (AvgIpc) is 2.45. The molecule has 2 aromatic rings. The summed E-state index contributed by atoms with van der Waals surface area (Å²) < 4.78 is 0. The number of rotatable bonds is 2. The second-order valence-electron chi connectivity index (χ2n) is 8.69. The fourth-order valence-corrected chi connectivity index (χ4v) is 2.80. The van der Waals surface area contributed by atoms with E-state index >= 15 is 0 Å². The van der Waals surface area contributed by atoms with Gasteiger partial charge in [0, 0.05) is 17.3 Å². The summed E-state index contributed by atoms with van der Waals surface area (Å²) in [6.07, 6.45) is 1.82. The third-order valence-corrected chi connectivity index (χ3v) is 4.28. The van der Waals surface area contributed by atoms with Crippen molar-refractivity contribution in [1.82, 2.24) is 0 Å². The van der Waals surface area contributed by atoms with Crippen LogP contribution in [0.4, 0.5) is 5.69 Å². The van der Waals surface area contributed by atoms with Crippen LogP contribution in [0, 0.1) is 6.92 Å². The number of benzene rings is 2. The largest absolute Gasteiger partial charge is 0.508 e. The first kappa shape index (κ1) is 19.0. The number of hydrogen-bond donors (Lipinski definition) is 2. The van der Waals surface area contributed by atoms with Crippen LogP contribution in [0.3, 0.4) is 0 Å². The topological polar surface area (TPSA) is 52.8 Å². The Morgan fingerprint density at radius 1 is 0.840 bits per heavy atom. The maximum atomic E-state index is 10.8. The fraction of sp³-hybridized carbons (Fsp3) is 0.409. The van der Waals surface area contributed by atoms with Gasteiger partial charge in [-0.2, -0.15) is 0 Å². The Kier molecular flexibility index (Phi) is 4.99. The first-order chi connectivity index (χ1) is 11.4. The van der Waals surface area contributed by atoms with E-state index in [1.807, 2.05) is 25.3 Å². The first-order valence-electron chi connectivity index (χ1n) is 8.61.